The van der Waals surface area contributed by atoms with E-state index in [4.69, 9.17) is 5.73 Å². The number of nitrogen functional groups attached to an aromatic ring is 1. The van der Waals surface area contributed by atoms with Gasteiger partial charge in [0.05, 0.1) is 5.39 Å². The maximum absolute atomic E-state index is 13.4. The minimum atomic E-state index is -1.48. The molecule has 0 aliphatic carbocycles. The molecule has 0 aliphatic rings. The molecule has 2 aromatic heterocycles. The molecule has 170 valence electrons. The Kier molecular flexibility index (Phi) is 5.86. The van der Waals surface area contributed by atoms with E-state index in [-0.39, 0.29) is 11.5 Å². The predicted molar refractivity (Wildman–Crippen MR) is 127 cm³/mol. The number of hydrogen-bond acceptors (Lipinski definition) is 5. The van der Waals surface area contributed by atoms with Crippen molar-refractivity contribution in [2.24, 2.45) is 7.05 Å². The fourth-order valence-corrected chi connectivity index (χ4v) is 3.86. The molecule has 1 atom stereocenters. The highest BCUT2D eigenvalue weighted by Crippen LogP contribution is 2.36. The molecular weight excluding hydrogens is 421 g/mol. The first-order valence-corrected chi connectivity index (χ1v) is 10.6. The van der Waals surface area contributed by atoms with Crippen LogP contribution >= 0.6 is 0 Å². The first-order valence-electron chi connectivity index (χ1n) is 10.6. The Morgan fingerprint density at radius 1 is 1.15 bits per heavy atom. The van der Waals surface area contributed by atoms with Crippen LogP contribution < -0.4 is 11.1 Å². The molecule has 0 saturated carbocycles. The van der Waals surface area contributed by atoms with Crippen molar-refractivity contribution in [2.75, 3.05) is 11.1 Å². The molecule has 2 heterocycles. The van der Waals surface area contributed by atoms with Crippen LogP contribution in [-0.4, -0.2) is 25.5 Å². The summed E-state index contributed by atoms with van der Waals surface area (Å²) < 4.78 is 15.3. The van der Waals surface area contributed by atoms with E-state index in [1.165, 1.54) is 18.2 Å². The monoisotopic (exact) mass is 447 g/mol. The molecule has 33 heavy (non-hydrogen) atoms. The molecular formula is C25H26FN5O2. The number of rotatable bonds is 5. The van der Waals surface area contributed by atoms with Crippen molar-refractivity contribution < 1.29 is 14.3 Å². The lowest BCUT2D eigenvalue weighted by molar-refractivity contribution is -0.124. The maximum Gasteiger partial charge on any atom is 0.257 e. The molecule has 4 rings (SSSR count). The minimum absolute atomic E-state index is 0.155. The Balaban J connectivity index is 1.64. The van der Waals surface area contributed by atoms with E-state index in [1.54, 1.807) is 6.07 Å². The maximum atomic E-state index is 13.4. The summed E-state index contributed by atoms with van der Waals surface area (Å²) in [6.45, 7) is 5.96. The van der Waals surface area contributed by atoms with Gasteiger partial charge in [-0.25, -0.2) is 14.4 Å². The molecule has 8 heteroatoms. The summed E-state index contributed by atoms with van der Waals surface area (Å²) in [6.07, 6.45) is 0.486. The summed E-state index contributed by atoms with van der Waals surface area (Å²) in [5.41, 5.74) is 10.5. The van der Waals surface area contributed by atoms with Crippen molar-refractivity contribution in [1.29, 1.82) is 0 Å². The number of aliphatic hydroxyl groups is 1. The average molecular weight is 448 g/mol. The normalized spacial score (nSPS) is 12.3. The fraction of sp³-hybridized carbons (Fsp3) is 0.240. The van der Waals surface area contributed by atoms with Crippen LogP contribution in [0.1, 0.15) is 42.8 Å². The van der Waals surface area contributed by atoms with Crippen LogP contribution in [0.25, 0.3) is 22.2 Å². The third-order valence-corrected chi connectivity index (χ3v) is 5.57. The zero-order chi connectivity index (χ0) is 23.9. The quantitative estimate of drug-likeness (QED) is 0.419. The number of nitrogens with zero attached hydrogens (tertiary/aromatic N) is 3. The highest BCUT2D eigenvalue weighted by molar-refractivity contribution is 6.02. The van der Waals surface area contributed by atoms with E-state index in [0.29, 0.717) is 17.3 Å². The molecule has 2 aromatic carbocycles. The number of benzene rings is 2. The highest BCUT2D eigenvalue weighted by Gasteiger charge is 2.20. The van der Waals surface area contributed by atoms with Crippen molar-refractivity contribution in [3.63, 3.8) is 0 Å². The number of nitrogens with one attached hydrogen (secondary N) is 1. The fourth-order valence-electron chi connectivity index (χ4n) is 3.86. The van der Waals surface area contributed by atoms with Crippen molar-refractivity contribution in [3.05, 3.63) is 71.4 Å². The smallest absolute Gasteiger partial charge is 0.257 e. The van der Waals surface area contributed by atoms with Crippen LogP contribution in [0.4, 0.5) is 15.9 Å². The van der Waals surface area contributed by atoms with Crippen LogP contribution in [-0.2, 0) is 11.8 Å². The second-order valence-electron chi connectivity index (χ2n) is 8.45. The largest absolute Gasteiger partial charge is 0.383 e. The van der Waals surface area contributed by atoms with Gasteiger partial charge in [-0.2, -0.15) is 0 Å². The summed E-state index contributed by atoms with van der Waals surface area (Å²) in [4.78, 5) is 21.6. The zero-order valence-electron chi connectivity index (χ0n) is 18.9. The van der Waals surface area contributed by atoms with Gasteiger partial charge in [0.2, 0.25) is 0 Å². The lowest BCUT2D eigenvalue weighted by Gasteiger charge is -2.14. The number of hydrogen-bond donors (Lipinski definition) is 3. The van der Waals surface area contributed by atoms with Gasteiger partial charge in [0.25, 0.3) is 5.91 Å². The van der Waals surface area contributed by atoms with Crippen LogP contribution in [0.5, 0.6) is 0 Å². The number of aliphatic hydroxyl groups excluding tert-OH is 1. The summed E-state index contributed by atoms with van der Waals surface area (Å²) in [7, 11) is 1.92. The van der Waals surface area contributed by atoms with Gasteiger partial charge in [-0.1, -0.05) is 32.0 Å². The molecule has 1 unspecified atom stereocenters. The standard InChI is InChI=1S/C25H26FN5O2/c1-13(2)23-29-22(27)20-19(12-31(4)24(20)30-23)18-9-8-17(10-14(18)3)28-25(33)21(32)15-6-5-7-16(26)11-15/h5-13,21,32H,1-4H3,(H,28,33)(H2,27,29,30). The van der Waals surface area contributed by atoms with Gasteiger partial charge in [0.15, 0.2) is 6.10 Å². The molecule has 4 N–H and O–H groups in total. The third-order valence-electron chi connectivity index (χ3n) is 5.57. The van der Waals surface area contributed by atoms with Crippen molar-refractivity contribution >= 4 is 28.4 Å². The van der Waals surface area contributed by atoms with Gasteiger partial charge in [-0.05, 0) is 47.9 Å². The first-order chi connectivity index (χ1) is 15.7. The second-order valence-corrected chi connectivity index (χ2v) is 8.45. The lowest BCUT2D eigenvalue weighted by Crippen LogP contribution is -2.21. The summed E-state index contributed by atoms with van der Waals surface area (Å²) >= 11 is 0. The Hall–Kier alpha value is -3.78. The number of aryl methyl sites for hydroxylation is 2. The lowest BCUT2D eigenvalue weighted by atomic mass is 10.00. The average Bonchev–Trinajstić information content (AvgIpc) is 3.10. The van der Waals surface area contributed by atoms with Gasteiger partial charge >= 0.3 is 0 Å². The van der Waals surface area contributed by atoms with E-state index in [0.717, 1.165) is 33.8 Å². The Labute approximate surface area is 191 Å². The second kappa shape index (κ2) is 8.63. The molecule has 1 amide bonds. The van der Waals surface area contributed by atoms with Crippen LogP contribution in [0.2, 0.25) is 0 Å². The van der Waals surface area contributed by atoms with Gasteiger partial charge in [0.1, 0.15) is 23.1 Å². The van der Waals surface area contributed by atoms with Crippen LogP contribution in [0, 0.1) is 12.7 Å². The van der Waals surface area contributed by atoms with Gasteiger partial charge < -0.3 is 20.7 Å². The van der Waals surface area contributed by atoms with Crippen molar-refractivity contribution in [2.45, 2.75) is 32.8 Å². The van der Waals surface area contributed by atoms with Gasteiger partial charge in [0, 0.05) is 30.4 Å². The zero-order valence-corrected chi connectivity index (χ0v) is 18.9. The number of aromatic nitrogens is 3. The minimum Gasteiger partial charge on any atom is -0.383 e. The molecule has 0 bridgehead atoms. The van der Waals surface area contributed by atoms with Crippen molar-refractivity contribution in [3.8, 4) is 11.1 Å². The SMILES string of the molecule is Cc1cc(NC(=O)C(O)c2cccc(F)c2)ccc1-c1cn(C)c2nc(C(C)C)nc(N)c12. The molecule has 4 aromatic rings. The molecule has 0 saturated heterocycles. The summed E-state index contributed by atoms with van der Waals surface area (Å²) in [6, 6.07) is 10.8. The van der Waals surface area contributed by atoms with Crippen LogP contribution in [0.15, 0.2) is 48.7 Å². The first kappa shape index (κ1) is 22.4. The third kappa shape index (κ3) is 4.29. The van der Waals surface area contributed by atoms with Gasteiger partial charge in [-0.3, -0.25) is 4.79 Å². The topological polar surface area (TPSA) is 106 Å². The van der Waals surface area contributed by atoms with E-state index in [2.05, 4.69) is 15.3 Å². The number of amides is 1. The molecule has 7 nitrogen and oxygen atoms in total. The summed E-state index contributed by atoms with van der Waals surface area (Å²) in [5.74, 6) is 0.117. The van der Waals surface area contributed by atoms with Gasteiger partial charge in [-0.15, -0.1) is 0 Å². The van der Waals surface area contributed by atoms with Crippen LogP contribution in [0.3, 0.4) is 0 Å². The number of carbonyl (C=O) groups excluding carboxylic acids is 1. The summed E-state index contributed by atoms with van der Waals surface area (Å²) in [5, 5.41) is 13.7. The number of anilines is 2. The molecule has 0 radical (unpaired) electrons. The number of carbonyl (C=O) groups is 1. The number of halogens is 1. The molecule has 0 spiro atoms. The van der Waals surface area contributed by atoms with E-state index in [9.17, 15) is 14.3 Å². The number of nitrogens with two attached hydrogens (primary N) is 1. The Morgan fingerprint density at radius 3 is 2.58 bits per heavy atom. The van der Waals surface area contributed by atoms with Crippen molar-refractivity contribution in [1.82, 2.24) is 14.5 Å². The highest BCUT2D eigenvalue weighted by atomic mass is 19.1. The Morgan fingerprint density at radius 2 is 1.91 bits per heavy atom. The van der Waals surface area contributed by atoms with E-state index in [1.807, 2.05) is 50.7 Å². The predicted octanol–water partition coefficient (Wildman–Crippen LogP) is 4.46. The molecule has 0 aliphatic heterocycles. The number of fused-ring (bicyclic) bond motifs is 1. The molecule has 0 fully saturated rings. The van der Waals surface area contributed by atoms with E-state index >= 15 is 0 Å². The Bertz CT molecular complexity index is 1360. The van der Waals surface area contributed by atoms with E-state index < -0.39 is 17.8 Å².